The molecule has 3 aromatic carbocycles. The molecule has 0 aliphatic heterocycles. The molecule has 4 N–H and O–H groups in total. The second-order valence-corrected chi connectivity index (χ2v) is 6.40. The molecule has 6 nitrogen and oxygen atoms in total. The van der Waals surface area contributed by atoms with E-state index in [2.05, 4.69) is 5.32 Å². The van der Waals surface area contributed by atoms with Crippen LogP contribution in [0.5, 0.6) is 0 Å². The van der Waals surface area contributed by atoms with Gasteiger partial charge in [0.1, 0.15) is 5.84 Å². The van der Waals surface area contributed by atoms with Gasteiger partial charge in [-0.05, 0) is 47.0 Å². The molecule has 0 atom stereocenters. The van der Waals surface area contributed by atoms with E-state index in [1.807, 2.05) is 36.4 Å². The van der Waals surface area contributed by atoms with E-state index in [-0.39, 0.29) is 24.1 Å². The number of hydrogen-bond acceptors (Lipinski definition) is 4. The number of ether oxygens (including phenoxy) is 1. The normalized spacial score (nSPS) is 10.2. The third kappa shape index (κ3) is 4.68. The van der Waals surface area contributed by atoms with E-state index in [1.165, 1.54) is 7.11 Å². The van der Waals surface area contributed by atoms with Gasteiger partial charge in [0.05, 0.1) is 13.5 Å². The van der Waals surface area contributed by atoms with E-state index in [0.29, 0.717) is 16.8 Å². The summed E-state index contributed by atoms with van der Waals surface area (Å²) in [6, 6.07) is 21.4. The smallest absolute Gasteiger partial charge is 0.309 e. The Morgan fingerprint density at radius 1 is 0.931 bits per heavy atom. The first-order valence-corrected chi connectivity index (χ1v) is 8.99. The lowest BCUT2D eigenvalue weighted by Crippen LogP contribution is -2.14. The van der Waals surface area contributed by atoms with Crippen molar-refractivity contribution in [3.63, 3.8) is 0 Å². The Kier molecular flexibility index (Phi) is 6.04. The zero-order valence-corrected chi connectivity index (χ0v) is 15.9. The molecule has 0 aliphatic carbocycles. The molecule has 0 unspecified atom stereocenters. The lowest BCUT2D eigenvalue weighted by molar-refractivity contribution is -0.139. The summed E-state index contributed by atoms with van der Waals surface area (Å²) < 4.78 is 4.79. The minimum absolute atomic E-state index is 0.0320. The van der Waals surface area contributed by atoms with E-state index < -0.39 is 0 Å². The second-order valence-electron chi connectivity index (χ2n) is 6.40. The van der Waals surface area contributed by atoms with Gasteiger partial charge in [-0.15, -0.1) is 0 Å². The van der Waals surface area contributed by atoms with Crippen LogP contribution in [0.4, 0.5) is 5.69 Å². The van der Waals surface area contributed by atoms with Gasteiger partial charge in [-0.2, -0.15) is 0 Å². The maximum Gasteiger partial charge on any atom is 0.309 e. The minimum atomic E-state index is -0.343. The molecule has 3 rings (SSSR count). The average molecular weight is 387 g/mol. The molecular weight excluding hydrogens is 366 g/mol. The van der Waals surface area contributed by atoms with E-state index >= 15 is 0 Å². The fourth-order valence-corrected chi connectivity index (χ4v) is 3.01. The van der Waals surface area contributed by atoms with Gasteiger partial charge >= 0.3 is 5.97 Å². The topological polar surface area (TPSA) is 105 Å². The Morgan fingerprint density at radius 2 is 1.55 bits per heavy atom. The van der Waals surface area contributed by atoms with E-state index in [0.717, 1.165) is 16.7 Å². The number of nitrogens with one attached hydrogen (secondary N) is 2. The molecule has 0 spiro atoms. The molecule has 29 heavy (non-hydrogen) atoms. The lowest BCUT2D eigenvalue weighted by Gasteiger charge is -2.14. The number of amidine groups is 1. The summed E-state index contributed by atoms with van der Waals surface area (Å²) in [6.45, 7) is 0. The summed E-state index contributed by atoms with van der Waals surface area (Å²) in [5.41, 5.74) is 9.44. The van der Waals surface area contributed by atoms with Crippen molar-refractivity contribution < 1.29 is 14.3 Å². The summed E-state index contributed by atoms with van der Waals surface area (Å²) in [6.07, 6.45) is 0.120. The number of carbonyl (C=O) groups excluding carboxylic acids is 2. The Hall–Kier alpha value is -3.93. The first-order valence-electron chi connectivity index (χ1n) is 8.99. The molecule has 1 amide bonds. The number of carbonyl (C=O) groups is 2. The molecule has 0 fully saturated rings. The van der Waals surface area contributed by atoms with Crippen LogP contribution in [-0.4, -0.2) is 24.8 Å². The maximum absolute atomic E-state index is 12.9. The van der Waals surface area contributed by atoms with Crippen LogP contribution in [0.15, 0.2) is 72.8 Å². The summed E-state index contributed by atoms with van der Waals surface area (Å²) >= 11 is 0. The number of methoxy groups -OCH3 is 1. The van der Waals surface area contributed by atoms with Crippen LogP contribution in [0.25, 0.3) is 11.1 Å². The molecule has 0 bridgehead atoms. The van der Waals surface area contributed by atoms with Gasteiger partial charge in [-0.25, -0.2) is 0 Å². The van der Waals surface area contributed by atoms with Crippen LogP contribution in [0.3, 0.4) is 0 Å². The van der Waals surface area contributed by atoms with Crippen molar-refractivity contribution in [2.45, 2.75) is 6.42 Å². The van der Waals surface area contributed by atoms with Crippen LogP contribution in [0, 0.1) is 5.41 Å². The number of nitrogens with two attached hydrogens (primary N) is 1. The summed E-state index contributed by atoms with van der Waals surface area (Å²) in [7, 11) is 1.35. The maximum atomic E-state index is 12.9. The van der Waals surface area contributed by atoms with Crippen LogP contribution in [-0.2, 0) is 16.0 Å². The third-order valence-electron chi connectivity index (χ3n) is 4.50. The van der Waals surface area contributed by atoms with E-state index in [4.69, 9.17) is 15.9 Å². The highest BCUT2D eigenvalue weighted by atomic mass is 16.5. The highest BCUT2D eigenvalue weighted by Crippen LogP contribution is 2.28. The van der Waals surface area contributed by atoms with E-state index in [1.54, 1.807) is 36.4 Å². The highest BCUT2D eigenvalue weighted by Gasteiger charge is 2.16. The first kappa shape index (κ1) is 19.8. The van der Waals surface area contributed by atoms with Crippen molar-refractivity contribution in [3.05, 3.63) is 89.5 Å². The predicted octanol–water partition coefficient (Wildman–Crippen LogP) is 3.61. The fraction of sp³-hybridized carbons (Fsp3) is 0.0870. The quantitative estimate of drug-likeness (QED) is 0.341. The Bertz CT molecular complexity index is 1060. The van der Waals surface area contributed by atoms with Crippen molar-refractivity contribution in [2.75, 3.05) is 12.4 Å². The van der Waals surface area contributed by atoms with Crippen molar-refractivity contribution in [1.29, 1.82) is 5.41 Å². The molecule has 0 aliphatic rings. The number of amides is 1. The largest absolute Gasteiger partial charge is 0.469 e. The van der Waals surface area contributed by atoms with E-state index in [9.17, 15) is 9.59 Å². The number of esters is 1. The minimum Gasteiger partial charge on any atom is -0.469 e. The average Bonchev–Trinajstić information content (AvgIpc) is 2.74. The van der Waals surface area contributed by atoms with Crippen LogP contribution >= 0.6 is 0 Å². The van der Waals surface area contributed by atoms with Crippen LogP contribution in [0.2, 0.25) is 0 Å². The Morgan fingerprint density at radius 3 is 2.21 bits per heavy atom. The van der Waals surface area contributed by atoms with Gasteiger partial charge < -0.3 is 15.8 Å². The number of rotatable bonds is 6. The molecular formula is C23H21N3O3. The molecule has 0 heterocycles. The Balaban J connectivity index is 1.92. The number of hydrogen-bond donors (Lipinski definition) is 3. The molecule has 6 heteroatoms. The number of anilines is 1. The summed E-state index contributed by atoms with van der Waals surface area (Å²) in [5, 5.41) is 10.3. The van der Waals surface area contributed by atoms with Gasteiger partial charge in [0.2, 0.25) is 0 Å². The van der Waals surface area contributed by atoms with Crippen LogP contribution < -0.4 is 11.1 Å². The van der Waals surface area contributed by atoms with Crippen molar-refractivity contribution in [3.8, 4) is 11.1 Å². The van der Waals surface area contributed by atoms with Gasteiger partial charge in [-0.1, -0.05) is 42.5 Å². The second kappa shape index (κ2) is 8.84. The molecule has 146 valence electrons. The van der Waals surface area contributed by atoms with Gasteiger partial charge in [-0.3, -0.25) is 15.0 Å². The molecule has 0 saturated carbocycles. The SMILES string of the molecule is COC(=O)Cc1ccccc1-c1ccccc1C(=O)Nc1ccc(C(=N)N)cc1. The molecule has 0 radical (unpaired) electrons. The first-order chi connectivity index (χ1) is 14.0. The highest BCUT2D eigenvalue weighted by molar-refractivity contribution is 6.09. The van der Waals surface area contributed by atoms with Crippen molar-refractivity contribution in [1.82, 2.24) is 0 Å². The lowest BCUT2D eigenvalue weighted by atomic mass is 9.93. The van der Waals surface area contributed by atoms with Gasteiger partial charge in [0, 0.05) is 16.8 Å². The zero-order chi connectivity index (χ0) is 20.8. The predicted molar refractivity (Wildman–Crippen MR) is 113 cm³/mol. The Labute approximate surface area is 168 Å². The number of nitrogen functional groups attached to an aromatic ring is 1. The van der Waals surface area contributed by atoms with Crippen molar-refractivity contribution >= 4 is 23.4 Å². The summed E-state index contributed by atoms with van der Waals surface area (Å²) in [5.74, 6) is -0.649. The monoisotopic (exact) mass is 387 g/mol. The third-order valence-corrected chi connectivity index (χ3v) is 4.50. The van der Waals surface area contributed by atoms with Crippen LogP contribution in [0.1, 0.15) is 21.5 Å². The molecule has 3 aromatic rings. The van der Waals surface area contributed by atoms with Gasteiger partial charge in [0.25, 0.3) is 5.91 Å². The van der Waals surface area contributed by atoms with Gasteiger partial charge in [0.15, 0.2) is 0 Å². The zero-order valence-electron chi connectivity index (χ0n) is 15.9. The standard InChI is InChI=1S/C23H21N3O3/c1-29-21(27)14-16-6-2-3-7-18(16)19-8-4-5-9-20(19)23(28)26-17-12-10-15(11-13-17)22(24)25/h2-13H,14H2,1H3,(H3,24,25)(H,26,28). The number of benzene rings is 3. The molecule has 0 saturated heterocycles. The fourth-order valence-electron chi connectivity index (χ4n) is 3.01. The molecule has 0 aromatic heterocycles. The summed E-state index contributed by atoms with van der Waals surface area (Å²) in [4.78, 5) is 24.7. The van der Waals surface area contributed by atoms with Crippen molar-refractivity contribution in [2.24, 2.45) is 5.73 Å².